The monoisotopic (exact) mass is 356 g/mol. The van der Waals surface area contributed by atoms with Crippen LogP contribution in [-0.4, -0.2) is 22.0 Å². The highest BCUT2D eigenvalue weighted by atomic mass is 16.5. The van der Waals surface area contributed by atoms with Gasteiger partial charge in [-0.2, -0.15) is 5.10 Å². The Morgan fingerprint density at radius 3 is 2.41 bits per heavy atom. The lowest BCUT2D eigenvalue weighted by molar-refractivity contribution is 0.416. The molecular weight excluding hydrogens is 336 g/mol. The second-order valence-electron chi connectivity index (χ2n) is 6.28. The molecule has 0 amide bonds. The first-order valence-electron chi connectivity index (χ1n) is 8.79. The first-order chi connectivity index (χ1) is 13.3. The molecule has 0 spiro atoms. The Kier molecular flexibility index (Phi) is 4.62. The number of methoxy groups -OCH3 is 1. The summed E-state index contributed by atoms with van der Waals surface area (Å²) in [6.45, 7) is 0.488. The highest BCUT2D eigenvalue weighted by Crippen LogP contribution is 2.33. The lowest BCUT2D eigenvalue weighted by atomic mass is 10.0. The standard InChI is InChI=1S/C23H20N2O2/c1-27-22-13-6-5-11-20(22)21-14-15-25(24-21)16-18-10-7-12-19(23(18)26)17-8-3-2-4-9-17/h2-15,26H,16H2,1H3. The third kappa shape index (κ3) is 3.42. The third-order valence-electron chi connectivity index (χ3n) is 4.56. The summed E-state index contributed by atoms with van der Waals surface area (Å²) >= 11 is 0. The Balaban J connectivity index is 1.64. The first kappa shape index (κ1) is 16.9. The minimum Gasteiger partial charge on any atom is -0.507 e. The van der Waals surface area contributed by atoms with Gasteiger partial charge in [0.05, 0.1) is 19.3 Å². The van der Waals surface area contributed by atoms with Crippen molar-refractivity contribution in [1.82, 2.24) is 9.78 Å². The van der Waals surface area contributed by atoms with Crippen molar-refractivity contribution in [3.8, 4) is 33.9 Å². The summed E-state index contributed by atoms with van der Waals surface area (Å²) in [5, 5.41) is 15.4. The van der Waals surface area contributed by atoms with Crippen molar-refractivity contribution in [3.63, 3.8) is 0 Å². The van der Waals surface area contributed by atoms with E-state index >= 15 is 0 Å². The van der Waals surface area contributed by atoms with Crippen molar-refractivity contribution in [2.24, 2.45) is 0 Å². The molecule has 0 bridgehead atoms. The van der Waals surface area contributed by atoms with Crippen molar-refractivity contribution < 1.29 is 9.84 Å². The van der Waals surface area contributed by atoms with E-state index in [2.05, 4.69) is 5.10 Å². The van der Waals surface area contributed by atoms with Crippen LogP contribution in [0.4, 0.5) is 0 Å². The van der Waals surface area contributed by atoms with Crippen LogP contribution in [0.25, 0.3) is 22.4 Å². The quantitative estimate of drug-likeness (QED) is 0.549. The van der Waals surface area contributed by atoms with Gasteiger partial charge < -0.3 is 9.84 Å². The zero-order chi connectivity index (χ0) is 18.6. The van der Waals surface area contributed by atoms with Crippen molar-refractivity contribution in [3.05, 3.63) is 90.6 Å². The Bertz CT molecular complexity index is 1050. The number of benzene rings is 3. The van der Waals surface area contributed by atoms with Crippen molar-refractivity contribution >= 4 is 0 Å². The summed E-state index contributed by atoms with van der Waals surface area (Å²) < 4.78 is 7.25. The van der Waals surface area contributed by atoms with Gasteiger partial charge in [-0.15, -0.1) is 0 Å². The Hall–Kier alpha value is -3.53. The molecule has 0 aliphatic heterocycles. The molecule has 0 unspecified atom stereocenters. The van der Waals surface area contributed by atoms with E-state index in [1.807, 2.05) is 89.7 Å². The Morgan fingerprint density at radius 1 is 0.852 bits per heavy atom. The maximum Gasteiger partial charge on any atom is 0.128 e. The molecule has 4 rings (SSSR count). The third-order valence-corrected chi connectivity index (χ3v) is 4.56. The molecule has 0 fully saturated rings. The van der Waals surface area contributed by atoms with Gasteiger partial charge in [-0.25, -0.2) is 0 Å². The van der Waals surface area contributed by atoms with Crippen molar-refractivity contribution in [2.75, 3.05) is 7.11 Å². The van der Waals surface area contributed by atoms with Gasteiger partial charge in [0.2, 0.25) is 0 Å². The molecule has 3 aromatic carbocycles. The average molecular weight is 356 g/mol. The lowest BCUT2D eigenvalue weighted by Gasteiger charge is -2.10. The molecule has 1 aromatic heterocycles. The fraction of sp³-hybridized carbons (Fsp3) is 0.0870. The van der Waals surface area contributed by atoms with Crippen LogP contribution in [-0.2, 0) is 6.54 Å². The smallest absolute Gasteiger partial charge is 0.128 e. The van der Waals surface area contributed by atoms with E-state index in [9.17, 15) is 5.11 Å². The van der Waals surface area contributed by atoms with E-state index < -0.39 is 0 Å². The van der Waals surface area contributed by atoms with Crippen LogP contribution in [0.3, 0.4) is 0 Å². The molecule has 0 aliphatic rings. The normalized spacial score (nSPS) is 10.7. The topological polar surface area (TPSA) is 47.3 Å². The zero-order valence-corrected chi connectivity index (χ0v) is 15.0. The minimum atomic E-state index is 0.290. The number of nitrogens with zero attached hydrogens (tertiary/aromatic N) is 2. The molecule has 0 saturated heterocycles. The van der Waals surface area contributed by atoms with E-state index in [0.29, 0.717) is 6.54 Å². The minimum absolute atomic E-state index is 0.290. The molecule has 0 radical (unpaired) electrons. The largest absolute Gasteiger partial charge is 0.507 e. The predicted molar refractivity (Wildman–Crippen MR) is 107 cm³/mol. The van der Waals surface area contributed by atoms with Gasteiger partial charge in [0, 0.05) is 22.9 Å². The molecule has 0 saturated carbocycles. The van der Waals surface area contributed by atoms with Crippen LogP contribution in [0.5, 0.6) is 11.5 Å². The second kappa shape index (κ2) is 7.38. The van der Waals surface area contributed by atoms with Gasteiger partial charge in [0.15, 0.2) is 0 Å². The lowest BCUT2D eigenvalue weighted by Crippen LogP contribution is -2.01. The Labute approximate surface area is 158 Å². The van der Waals surface area contributed by atoms with Gasteiger partial charge in [0.1, 0.15) is 11.5 Å². The van der Waals surface area contributed by atoms with Crippen molar-refractivity contribution in [2.45, 2.75) is 6.54 Å². The molecule has 1 N–H and O–H groups in total. The molecule has 0 atom stereocenters. The van der Waals surface area contributed by atoms with E-state index in [1.54, 1.807) is 7.11 Å². The number of phenolic OH excluding ortho intramolecular Hbond substituents is 1. The van der Waals surface area contributed by atoms with Crippen LogP contribution in [0.2, 0.25) is 0 Å². The van der Waals surface area contributed by atoms with E-state index in [-0.39, 0.29) is 5.75 Å². The molecule has 0 aliphatic carbocycles. The van der Waals surface area contributed by atoms with Gasteiger partial charge in [-0.3, -0.25) is 4.68 Å². The number of aromatic hydroxyl groups is 1. The summed E-state index contributed by atoms with van der Waals surface area (Å²) in [4.78, 5) is 0. The summed E-state index contributed by atoms with van der Waals surface area (Å²) in [6, 6.07) is 25.5. The van der Waals surface area contributed by atoms with Crippen LogP contribution >= 0.6 is 0 Å². The highest BCUT2D eigenvalue weighted by molar-refractivity contribution is 5.71. The van der Waals surface area contributed by atoms with Gasteiger partial charge in [-0.05, 0) is 23.8 Å². The Morgan fingerprint density at radius 2 is 1.59 bits per heavy atom. The van der Waals surface area contributed by atoms with E-state index in [4.69, 9.17) is 4.74 Å². The number of ether oxygens (including phenoxy) is 1. The fourth-order valence-electron chi connectivity index (χ4n) is 3.19. The van der Waals surface area contributed by atoms with Gasteiger partial charge in [0.25, 0.3) is 0 Å². The van der Waals surface area contributed by atoms with Gasteiger partial charge in [-0.1, -0.05) is 60.7 Å². The highest BCUT2D eigenvalue weighted by Gasteiger charge is 2.12. The molecule has 134 valence electrons. The summed E-state index contributed by atoms with van der Waals surface area (Å²) in [5.74, 6) is 1.08. The van der Waals surface area contributed by atoms with Crippen LogP contribution in [0.1, 0.15) is 5.56 Å². The zero-order valence-electron chi connectivity index (χ0n) is 15.0. The first-order valence-corrected chi connectivity index (χ1v) is 8.79. The number of para-hydroxylation sites is 2. The summed E-state index contributed by atoms with van der Waals surface area (Å²) in [5.41, 5.74) is 4.43. The summed E-state index contributed by atoms with van der Waals surface area (Å²) in [6.07, 6.45) is 1.91. The number of hydrogen-bond donors (Lipinski definition) is 1. The van der Waals surface area contributed by atoms with E-state index in [1.165, 1.54) is 0 Å². The molecule has 4 aromatic rings. The van der Waals surface area contributed by atoms with Crippen LogP contribution < -0.4 is 4.74 Å². The molecule has 27 heavy (non-hydrogen) atoms. The molecule has 4 nitrogen and oxygen atoms in total. The van der Waals surface area contributed by atoms with Crippen molar-refractivity contribution in [1.29, 1.82) is 0 Å². The molecule has 1 heterocycles. The fourth-order valence-corrected chi connectivity index (χ4v) is 3.19. The van der Waals surface area contributed by atoms with E-state index in [0.717, 1.165) is 33.7 Å². The van der Waals surface area contributed by atoms with Gasteiger partial charge >= 0.3 is 0 Å². The summed E-state index contributed by atoms with van der Waals surface area (Å²) in [7, 11) is 1.66. The average Bonchev–Trinajstić information content (AvgIpc) is 3.18. The van der Waals surface area contributed by atoms with Crippen LogP contribution in [0.15, 0.2) is 85.1 Å². The molecule has 4 heteroatoms. The molecular formula is C23H20N2O2. The van der Waals surface area contributed by atoms with Crippen LogP contribution in [0, 0.1) is 0 Å². The number of aromatic nitrogens is 2. The maximum atomic E-state index is 10.7. The second-order valence-corrected chi connectivity index (χ2v) is 6.28. The number of phenols is 1. The number of rotatable bonds is 5. The maximum absolute atomic E-state index is 10.7. The number of hydrogen-bond acceptors (Lipinski definition) is 3. The SMILES string of the molecule is COc1ccccc1-c1ccn(Cc2cccc(-c3ccccc3)c2O)n1. The predicted octanol–water partition coefficient (Wildman–Crippen LogP) is 4.98.